The molecule has 0 spiro atoms. The van der Waals surface area contributed by atoms with E-state index in [1.54, 1.807) is 13.0 Å². The molecule has 0 aromatic carbocycles. The lowest BCUT2D eigenvalue weighted by Crippen LogP contribution is -2.14. The average molecular weight is 251 g/mol. The van der Waals surface area contributed by atoms with E-state index in [-0.39, 0.29) is 5.92 Å². The second kappa shape index (κ2) is 5.09. The average Bonchev–Trinajstić information content (AvgIpc) is 2.17. The number of rotatable bonds is 1. The van der Waals surface area contributed by atoms with Gasteiger partial charge < -0.3 is 0 Å². The van der Waals surface area contributed by atoms with Crippen molar-refractivity contribution in [3.8, 4) is 0 Å². The van der Waals surface area contributed by atoms with E-state index >= 15 is 0 Å². The fourth-order valence-electron chi connectivity index (χ4n) is 1.59. The van der Waals surface area contributed by atoms with Crippen LogP contribution in [0.25, 0.3) is 0 Å². The van der Waals surface area contributed by atoms with Gasteiger partial charge in [-0.3, -0.25) is 0 Å². The maximum Gasteiger partial charge on any atom is 0.416 e. The van der Waals surface area contributed by atoms with Crippen LogP contribution in [0.15, 0.2) is 34.4 Å². The number of alkyl halides is 3. The lowest BCUT2D eigenvalue weighted by atomic mass is 9.95. The Bertz CT molecular complexity index is 348. The summed E-state index contributed by atoms with van der Waals surface area (Å²) in [4.78, 5) is 0. The molecule has 90 valence electrons. The highest BCUT2D eigenvalue weighted by Crippen LogP contribution is 2.35. The van der Waals surface area contributed by atoms with Crippen LogP contribution in [0.3, 0.4) is 0 Å². The Hall–Kier alpha value is -0.700. The summed E-state index contributed by atoms with van der Waals surface area (Å²) < 4.78 is 38.2. The topological polar surface area (TPSA) is 0 Å². The van der Waals surface area contributed by atoms with E-state index in [2.05, 4.69) is 0 Å². The van der Waals surface area contributed by atoms with Gasteiger partial charge in [-0.15, -0.1) is 0 Å². The number of hydrogen-bond donors (Lipinski definition) is 0. The van der Waals surface area contributed by atoms with Crippen LogP contribution >= 0.6 is 11.6 Å². The van der Waals surface area contributed by atoms with E-state index in [0.717, 1.165) is 6.08 Å². The quantitative estimate of drug-likeness (QED) is 0.616. The fraction of sp³-hybridized carbons (Fsp3) is 0.500. The Balaban J connectivity index is 3.18. The Morgan fingerprint density at radius 2 is 2.00 bits per heavy atom. The molecule has 0 saturated carbocycles. The summed E-state index contributed by atoms with van der Waals surface area (Å²) in [6.45, 7) is 3.62. The minimum atomic E-state index is -4.31. The van der Waals surface area contributed by atoms with Gasteiger partial charge in [-0.05, 0) is 36.5 Å². The van der Waals surface area contributed by atoms with E-state index in [1.165, 1.54) is 6.08 Å². The Kier molecular flexibility index (Phi) is 4.25. The second-order valence-electron chi connectivity index (χ2n) is 3.85. The normalized spacial score (nSPS) is 26.1. The van der Waals surface area contributed by atoms with Crippen LogP contribution in [-0.4, -0.2) is 6.18 Å². The largest absolute Gasteiger partial charge is 0.416 e. The van der Waals surface area contributed by atoms with Gasteiger partial charge in [0.2, 0.25) is 0 Å². The maximum absolute atomic E-state index is 12.7. The molecule has 1 rings (SSSR count). The molecule has 0 heterocycles. The van der Waals surface area contributed by atoms with E-state index in [4.69, 9.17) is 11.6 Å². The first-order valence-electron chi connectivity index (χ1n) is 5.20. The molecule has 0 fully saturated rings. The Labute approximate surface area is 98.5 Å². The summed E-state index contributed by atoms with van der Waals surface area (Å²) in [6.07, 6.45) is 0.690. The van der Waals surface area contributed by atoms with Crippen LogP contribution in [0.1, 0.15) is 26.7 Å². The van der Waals surface area contributed by atoms with Crippen LogP contribution in [0.4, 0.5) is 13.2 Å². The monoisotopic (exact) mass is 250 g/mol. The number of hydrogen-bond acceptors (Lipinski definition) is 0. The standard InChI is InChI=1S/C12H14ClF3/c1-3-9-5-4-8(2)11(13)7-6-10(9)12(14,15)16/h5-8H,3-4H2,1-2H3/b9-5?,10-6?,11-7-. The van der Waals surface area contributed by atoms with Gasteiger partial charge >= 0.3 is 6.18 Å². The van der Waals surface area contributed by atoms with Gasteiger partial charge in [0.05, 0.1) is 5.57 Å². The summed E-state index contributed by atoms with van der Waals surface area (Å²) >= 11 is 5.87. The highest BCUT2D eigenvalue weighted by Gasteiger charge is 2.35. The Morgan fingerprint density at radius 3 is 2.50 bits per heavy atom. The van der Waals surface area contributed by atoms with Gasteiger partial charge in [-0.1, -0.05) is 31.5 Å². The predicted molar refractivity (Wildman–Crippen MR) is 60.2 cm³/mol. The molecule has 0 aromatic heterocycles. The van der Waals surface area contributed by atoms with Gasteiger partial charge in [-0.2, -0.15) is 13.2 Å². The zero-order valence-corrected chi connectivity index (χ0v) is 9.99. The molecule has 1 unspecified atom stereocenters. The van der Waals surface area contributed by atoms with Crippen molar-refractivity contribution in [1.82, 2.24) is 0 Å². The lowest BCUT2D eigenvalue weighted by Gasteiger charge is -2.17. The van der Waals surface area contributed by atoms with E-state index in [1.807, 2.05) is 6.92 Å². The molecule has 1 aliphatic carbocycles. The van der Waals surface area contributed by atoms with Crippen LogP contribution in [0.5, 0.6) is 0 Å². The van der Waals surface area contributed by atoms with Crippen molar-refractivity contribution in [2.75, 3.05) is 0 Å². The van der Waals surface area contributed by atoms with E-state index < -0.39 is 11.7 Å². The first-order chi connectivity index (χ1) is 7.36. The third kappa shape index (κ3) is 3.14. The van der Waals surface area contributed by atoms with Crippen molar-refractivity contribution in [2.45, 2.75) is 32.9 Å². The first-order valence-corrected chi connectivity index (χ1v) is 5.58. The molecule has 1 atom stereocenters. The lowest BCUT2D eigenvalue weighted by molar-refractivity contribution is -0.0895. The zero-order chi connectivity index (χ0) is 12.3. The van der Waals surface area contributed by atoms with Crippen molar-refractivity contribution < 1.29 is 13.2 Å². The Morgan fingerprint density at radius 1 is 1.38 bits per heavy atom. The molecule has 0 amide bonds. The van der Waals surface area contributed by atoms with Gasteiger partial charge in [0.15, 0.2) is 0 Å². The number of allylic oxidation sites excluding steroid dienone is 6. The first kappa shape index (κ1) is 13.4. The van der Waals surface area contributed by atoms with Crippen molar-refractivity contribution in [1.29, 1.82) is 0 Å². The molecule has 0 saturated heterocycles. The van der Waals surface area contributed by atoms with Gasteiger partial charge in [-0.25, -0.2) is 0 Å². The fourth-order valence-corrected chi connectivity index (χ4v) is 1.74. The molecule has 0 radical (unpaired) electrons. The molecule has 0 aromatic rings. The van der Waals surface area contributed by atoms with Gasteiger partial charge in [0.25, 0.3) is 0 Å². The van der Waals surface area contributed by atoms with Crippen molar-refractivity contribution in [3.05, 3.63) is 34.4 Å². The van der Waals surface area contributed by atoms with Crippen LogP contribution < -0.4 is 0 Å². The van der Waals surface area contributed by atoms with Crippen LogP contribution in [0.2, 0.25) is 0 Å². The van der Waals surface area contributed by atoms with E-state index in [0.29, 0.717) is 23.4 Å². The van der Waals surface area contributed by atoms with Crippen molar-refractivity contribution in [2.24, 2.45) is 5.92 Å². The van der Waals surface area contributed by atoms with Crippen molar-refractivity contribution >= 4 is 11.6 Å². The molecule has 16 heavy (non-hydrogen) atoms. The molecule has 0 nitrogen and oxygen atoms in total. The molecule has 0 bridgehead atoms. The predicted octanol–water partition coefficient (Wildman–Crippen LogP) is 4.97. The zero-order valence-electron chi connectivity index (χ0n) is 9.24. The molecule has 4 heteroatoms. The summed E-state index contributed by atoms with van der Waals surface area (Å²) in [6, 6.07) is 0. The SMILES string of the molecule is CCC1=CCC(C)/C(Cl)=C/C=C1C(F)(F)F. The highest BCUT2D eigenvalue weighted by molar-refractivity contribution is 6.29. The summed E-state index contributed by atoms with van der Waals surface area (Å²) in [7, 11) is 0. The van der Waals surface area contributed by atoms with Gasteiger partial charge in [0.1, 0.15) is 0 Å². The van der Waals surface area contributed by atoms with Crippen LogP contribution in [0, 0.1) is 5.92 Å². The maximum atomic E-state index is 12.7. The van der Waals surface area contributed by atoms with E-state index in [9.17, 15) is 13.2 Å². The third-order valence-corrected chi connectivity index (χ3v) is 3.13. The molecular weight excluding hydrogens is 237 g/mol. The van der Waals surface area contributed by atoms with Gasteiger partial charge in [0, 0.05) is 5.03 Å². The van der Waals surface area contributed by atoms with Crippen LogP contribution in [-0.2, 0) is 0 Å². The third-order valence-electron chi connectivity index (χ3n) is 2.63. The second-order valence-corrected chi connectivity index (χ2v) is 4.29. The minimum Gasteiger partial charge on any atom is -0.166 e. The molecular formula is C12H14ClF3. The minimum absolute atomic E-state index is 0.0780. The molecule has 0 N–H and O–H groups in total. The summed E-state index contributed by atoms with van der Waals surface area (Å²) in [5.41, 5.74) is -0.236. The van der Waals surface area contributed by atoms with Crippen molar-refractivity contribution in [3.63, 3.8) is 0 Å². The summed E-state index contributed by atoms with van der Waals surface area (Å²) in [5.74, 6) is 0.0780. The molecule has 1 aliphatic rings. The highest BCUT2D eigenvalue weighted by atomic mass is 35.5. The molecule has 0 aliphatic heterocycles. The summed E-state index contributed by atoms with van der Waals surface area (Å²) in [5, 5.41) is 0.466. The number of halogens is 4. The smallest absolute Gasteiger partial charge is 0.166 e.